The molecule has 13 heavy (non-hydrogen) atoms. The highest BCUT2D eigenvalue weighted by atomic mass is 19.1. The van der Waals surface area contributed by atoms with Gasteiger partial charge in [0.25, 0.3) is 0 Å². The van der Waals surface area contributed by atoms with Crippen molar-refractivity contribution in [3.63, 3.8) is 0 Å². The smallest absolute Gasteiger partial charge is 0.141 e. The van der Waals surface area contributed by atoms with Crippen LogP contribution in [0.15, 0.2) is 12.3 Å². The molecular weight excluding hydrogens is 167 g/mol. The van der Waals surface area contributed by atoms with Crippen molar-refractivity contribution in [2.45, 2.75) is 26.2 Å². The van der Waals surface area contributed by atoms with E-state index in [9.17, 15) is 4.39 Å². The SMILES string of the molecule is CC[C@@H](C=N)c1cc(F)cnc1C. The summed E-state index contributed by atoms with van der Waals surface area (Å²) in [5.41, 5.74) is 1.62. The molecule has 0 aromatic carbocycles. The van der Waals surface area contributed by atoms with E-state index in [0.29, 0.717) is 0 Å². The van der Waals surface area contributed by atoms with Gasteiger partial charge in [-0.2, -0.15) is 0 Å². The van der Waals surface area contributed by atoms with Crippen LogP contribution in [-0.4, -0.2) is 11.2 Å². The average Bonchev–Trinajstić information content (AvgIpc) is 2.13. The highest BCUT2D eigenvalue weighted by Gasteiger charge is 2.10. The second-order valence-corrected chi connectivity index (χ2v) is 3.01. The third-order valence-electron chi connectivity index (χ3n) is 2.13. The molecule has 0 fully saturated rings. The Morgan fingerprint density at radius 2 is 2.38 bits per heavy atom. The Bertz CT molecular complexity index is 310. The molecule has 0 aliphatic rings. The minimum absolute atomic E-state index is 0.0109. The fourth-order valence-electron chi connectivity index (χ4n) is 1.33. The van der Waals surface area contributed by atoms with E-state index < -0.39 is 0 Å². The quantitative estimate of drug-likeness (QED) is 0.713. The third-order valence-corrected chi connectivity index (χ3v) is 2.13. The molecule has 2 nitrogen and oxygen atoms in total. The summed E-state index contributed by atoms with van der Waals surface area (Å²) in [6.45, 7) is 3.81. The molecule has 1 atom stereocenters. The van der Waals surface area contributed by atoms with E-state index in [4.69, 9.17) is 5.41 Å². The van der Waals surface area contributed by atoms with E-state index in [1.54, 1.807) is 0 Å². The van der Waals surface area contributed by atoms with Crippen molar-refractivity contribution in [2.75, 3.05) is 0 Å². The Morgan fingerprint density at radius 3 is 2.92 bits per heavy atom. The zero-order valence-electron chi connectivity index (χ0n) is 7.84. The van der Waals surface area contributed by atoms with E-state index in [1.807, 2.05) is 13.8 Å². The standard InChI is InChI=1S/C10H13FN2/c1-3-8(5-12)10-4-9(11)6-13-7(10)2/h4-6,8,12H,3H2,1-2H3/t8-/m0/s1. The Labute approximate surface area is 77.3 Å². The summed E-state index contributed by atoms with van der Waals surface area (Å²) < 4.78 is 12.8. The van der Waals surface area contributed by atoms with Gasteiger partial charge in [0.05, 0.1) is 6.20 Å². The van der Waals surface area contributed by atoms with Gasteiger partial charge in [-0.05, 0) is 25.0 Å². The zero-order valence-corrected chi connectivity index (χ0v) is 7.84. The van der Waals surface area contributed by atoms with Gasteiger partial charge in [-0.1, -0.05) is 6.92 Å². The van der Waals surface area contributed by atoms with Gasteiger partial charge in [0, 0.05) is 17.8 Å². The molecule has 1 rings (SSSR count). The summed E-state index contributed by atoms with van der Waals surface area (Å²) >= 11 is 0. The molecule has 0 aliphatic heterocycles. The first kappa shape index (κ1) is 9.84. The van der Waals surface area contributed by atoms with E-state index in [-0.39, 0.29) is 11.7 Å². The van der Waals surface area contributed by atoms with E-state index in [2.05, 4.69) is 4.98 Å². The topological polar surface area (TPSA) is 36.7 Å². The lowest BCUT2D eigenvalue weighted by Crippen LogP contribution is -2.03. The van der Waals surface area contributed by atoms with Crippen LogP contribution in [0.3, 0.4) is 0 Å². The van der Waals surface area contributed by atoms with E-state index in [0.717, 1.165) is 17.7 Å². The molecular formula is C10H13FN2. The fourth-order valence-corrected chi connectivity index (χ4v) is 1.33. The van der Waals surface area contributed by atoms with Crippen LogP contribution in [0.2, 0.25) is 0 Å². The molecule has 1 N–H and O–H groups in total. The highest BCUT2D eigenvalue weighted by molar-refractivity contribution is 5.65. The normalized spacial score (nSPS) is 12.5. The molecule has 0 saturated heterocycles. The van der Waals surface area contributed by atoms with Crippen molar-refractivity contribution in [1.29, 1.82) is 5.41 Å². The second-order valence-electron chi connectivity index (χ2n) is 3.01. The van der Waals surface area contributed by atoms with Crippen molar-refractivity contribution in [3.05, 3.63) is 29.3 Å². The molecule has 0 aliphatic carbocycles. The Morgan fingerprint density at radius 1 is 1.69 bits per heavy atom. The van der Waals surface area contributed by atoms with Gasteiger partial charge >= 0.3 is 0 Å². The summed E-state index contributed by atoms with van der Waals surface area (Å²) in [6, 6.07) is 1.46. The predicted octanol–water partition coefficient (Wildman–Crippen LogP) is 2.67. The van der Waals surface area contributed by atoms with Crippen LogP contribution in [0.5, 0.6) is 0 Å². The summed E-state index contributed by atoms with van der Waals surface area (Å²) in [4.78, 5) is 3.92. The molecule has 1 aromatic rings. The minimum Gasteiger partial charge on any atom is -0.312 e. The van der Waals surface area contributed by atoms with Crippen LogP contribution < -0.4 is 0 Å². The van der Waals surface area contributed by atoms with Crippen molar-refractivity contribution in [2.24, 2.45) is 0 Å². The van der Waals surface area contributed by atoms with Crippen LogP contribution in [0.4, 0.5) is 4.39 Å². The second kappa shape index (κ2) is 4.12. The van der Waals surface area contributed by atoms with Crippen LogP contribution in [0, 0.1) is 18.2 Å². The molecule has 0 spiro atoms. The fraction of sp³-hybridized carbons (Fsp3) is 0.400. The van der Waals surface area contributed by atoms with Crippen LogP contribution in [0.1, 0.15) is 30.5 Å². The Hall–Kier alpha value is -1.25. The molecule has 0 bridgehead atoms. The molecule has 0 saturated carbocycles. The monoisotopic (exact) mass is 180 g/mol. The maximum absolute atomic E-state index is 12.8. The molecule has 1 heterocycles. The van der Waals surface area contributed by atoms with Gasteiger partial charge in [0.1, 0.15) is 5.82 Å². The van der Waals surface area contributed by atoms with Gasteiger partial charge < -0.3 is 5.41 Å². The average molecular weight is 180 g/mol. The maximum Gasteiger partial charge on any atom is 0.141 e. The number of aromatic nitrogens is 1. The lowest BCUT2D eigenvalue weighted by Gasteiger charge is -2.11. The lowest BCUT2D eigenvalue weighted by atomic mass is 9.97. The summed E-state index contributed by atoms with van der Waals surface area (Å²) in [5.74, 6) is -0.343. The first-order valence-electron chi connectivity index (χ1n) is 4.31. The van der Waals surface area contributed by atoms with Crippen molar-refractivity contribution in [3.8, 4) is 0 Å². The molecule has 0 unspecified atom stereocenters. The van der Waals surface area contributed by atoms with Crippen molar-refractivity contribution < 1.29 is 4.39 Å². The minimum atomic E-state index is -0.332. The summed E-state index contributed by atoms with van der Waals surface area (Å²) in [5, 5.41) is 7.19. The van der Waals surface area contributed by atoms with Gasteiger partial charge in [0.15, 0.2) is 0 Å². The number of halogens is 1. The molecule has 0 radical (unpaired) electrons. The Kier molecular flexibility index (Phi) is 3.12. The highest BCUT2D eigenvalue weighted by Crippen LogP contribution is 2.20. The van der Waals surface area contributed by atoms with Crippen LogP contribution in [0.25, 0.3) is 0 Å². The summed E-state index contributed by atoms with van der Waals surface area (Å²) in [7, 11) is 0. The van der Waals surface area contributed by atoms with Crippen molar-refractivity contribution in [1.82, 2.24) is 4.98 Å². The first-order valence-corrected chi connectivity index (χ1v) is 4.31. The number of hydrogen-bond donors (Lipinski definition) is 1. The van der Waals surface area contributed by atoms with Gasteiger partial charge in [-0.15, -0.1) is 0 Å². The largest absolute Gasteiger partial charge is 0.312 e. The van der Waals surface area contributed by atoms with Crippen LogP contribution >= 0.6 is 0 Å². The number of nitrogens with zero attached hydrogens (tertiary/aromatic N) is 1. The molecule has 0 amide bonds. The van der Waals surface area contributed by atoms with Crippen molar-refractivity contribution >= 4 is 6.21 Å². The lowest BCUT2D eigenvalue weighted by molar-refractivity contribution is 0.615. The maximum atomic E-state index is 12.8. The number of rotatable bonds is 3. The zero-order chi connectivity index (χ0) is 9.84. The molecule has 3 heteroatoms. The Balaban J connectivity index is 3.10. The predicted molar refractivity (Wildman–Crippen MR) is 50.7 cm³/mol. The number of aryl methyl sites for hydroxylation is 1. The first-order chi connectivity index (χ1) is 6.19. The number of hydrogen-bond acceptors (Lipinski definition) is 2. The van der Waals surface area contributed by atoms with Gasteiger partial charge in [-0.3, -0.25) is 4.98 Å². The number of nitrogens with one attached hydrogen (secondary N) is 1. The molecule has 70 valence electrons. The molecule has 1 aromatic heterocycles. The van der Waals surface area contributed by atoms with E-state index in [1.165, 1.54) is 18.5 Å². The van der Waals surface area contributed by atoms with E-state index >= 15 is 0 Å². The van der Waals surface area contributed by atoms with Gasteiger partial charge in [-0.25, -0.2) is 4.39 Å². The number of pyridine rings is 1. The van der Waals surface area contributed by atoms with Gasteiger partial charge in [0.2, 0.25) is 0 Å². The third kappa shape index (κ3) is 2.11. The van der Waals surface area contributed by atoms with Crippen LogP contribution in [-0.2, 0) is 0 Å². The summed E-state index contributed by atoms with van der Waals surface area (Å²) in [6.07, 6.45) is 3.34.